The molecule has 0 saturated heterocycles. The number of fused-ring (bicyclic) bond motifs is 6. The Morgan fingerprint density at radius 1 is 0.824 bits per heavy atom. The fraction of sp³-hybridized carbons (Fsp3) is 0.320. The lowest BCUT2D eigenvalue weighted by atomic mass is 9.66. The third-order valence-corrected chi connectivity index (χ3v) is 9.41. The number of hydrogen-bond donors (Lipinski definition) is 0. The molecule has 1 saturated carbocycles. The summed E-state index contributed by atoms with van der Waals surface area (Å²) in [5, 5.41) is 0. The van der Waals surface area contributed by atoms with Crippen molar-refractivity contribution in [3.05, 3.63) is 82.6 Å². The van der Waals surface area contributed by atoms with Crippen LogP contribution in [0.3, 0.4) is 0 Å². The van der Waals surface area contributed by atoms with Crippen LogP contribution in [0.4, 0.5) is 32.2 Å². The maximum atomic E-state index is 15.4. The van der Waals surface area contributed by atoms with Crippen LogP contribution in [0.25, 0.3) is 10.5 Å². The predicted octanol–water partition coefficient (Wildman–Crippen LogP) is 6.82. The first kappa shape index (κ1) is 21.8. The van der Waals surface area contributed by atoms with Gasteiger partial charge in [-0.2, -0.15) is 26.3 Å². The first-order valence-electron chi connectivity index (χ1n) is 10.6. The van der Waals surface area contributed by atoms with Crippen LogP contribution in [0.2, 0.25) is 0 Å². The lowest BCUT2D eigenvalue weighted by molar-refractivity contribution is -0.257. The van der Waals surface area contributed by atoms with Gasteiger partial charge in [0.2, 0.25) is 0 Å². The summed E-state index contributed by atoms with van der Waals surface area (Å²) in [5.41, 5.74) is -3.44. The highest BCUT2D eigenvalue weighted by molar-refractivity contribution is 8.10. The van der Waals surface area contributed by atoms with E-state index in [-0.39, 0.29) is 22.5 Å². The van der Waals surface area contributed by atoms with E-state index in [4.69, 9.17) is 0 Å². The average Bonchev–Trinajstić information content (AvgIpc) is 3.30. The van der Waals surface area contributed by atoms with Gasteiger partial charge in [0.1, 0.15) is 5.82 Å². The summed E-state index contributed by atoms with van der Waals surface area (Å²) in [6, 6.07) is 11.8. The van der Waals surface area contributed by atoms with Gasteiger partial charge in [-0.15, -0.1) is 11.8 Å². The van der Waals surface area contributed by atoms with Crippen LogP contribution in [0.5, 0.6) is 0 Å². The fourth-order valence-electron chi connectivity index (χ4n) is 5.84. The van der Waals surface area contributed by atoms with Crippen molar-refractivity contribution in [2.24, 2.45) is 0 Å². The topological polar surface area (TPSA) is 16.1 Å². The quantitative estimate of drug-likeness (QED) is 0.407. The van der Waals surface area contributed by atoms with E-state index in [1.165, 1.54) is 36.2 Å². The zero-order valence-corrected chi connectivity index (χ0v) is 19.1. The van der Waals surface area contributed by atoms with Crippen LogP contribution in [0, 0.1) is 0 Å². The van der Waals surface area contributed by atoms with E-state index in [0.29, 0.717) is 10.5 Å². The van der Waals surface area contributed by atoms with Gasteiger partial charge < -0.3 is 4.90 Å². The van der Waals surface area contributed by atoms with Gasteiger partial charge in [-0.1, -0.05) is 30.3 Å². The zero-order chi connectivity index (χ0) is 24.5. The summed E-state index contributed by atoms with van der Waals surface area (Å²) in [7, 11) is 1.64. The molecule has 176 valence electrons. The van der Waals surface area contributed by atoms with Crippen molar-refractivity contribution in [2.75, 3.05) is 11.9 Å². The monoisotopic (exact) mass is 492 g/mol. The number of likely N-dealkylation sites (N-methyl/N-ethyl adjacent to an activating group) is 1. The third kappa shape index (κ3) is 2.08. The number of hydrogen-bond acceptors (Lipinski definition) is 3. The van der Waals surface area contributed by atoms with E-state index in [1.54, 1.807) is 56.1 Å². The number of pyridine rings is 1. The van der Waals surface area contributed by atoms with Crippen molar-refractivity contribution in [3.8, 4) is 0 Å². The van der Waals surface area contributed by atoms with E-state index in [2.05, 4.69) is 4.98 Å². The summed E-state index contributed by atoms with van der Waals surface area (Å²) >= 11 is 1.23. The molecule has 1 aromatic carbocycles. The third-order valence-electron chi connectivity index (χ3n) is 7.81. The molecular weight excluding hydrogens is 474 g/mol. The van der Waals surface area contributed by atoms with Gasteiger partial charge in [-0.25, -0.2) is 4.98 Å². The Labute approximate surface area is 196 Å². The van der Waals surface area contributed by atoms with Crippen molar-refractivity contribution in [2.45, 2.75) is 41.9 Å². The summed E-state index contributed by atoms with van der Waals surface area (Å²) < 4.78 is 89.9. The minimum atomic E-state index is -5.58. The molecule has 2 nitrogen and oxygen atoms in total. The maximum Gasteiger partial charge on any atom is 0.380 e. The highest BCUT2D eigenvalue weighted by Crippen LogP contribution is 2.74. The van der Waals surface area contributed by atoms with Crippen molar-refractivity contribution >= 4 is 28.1 Å². The number of benzene rings is 1. The standard InChI is InChI=1S/C25H18F6N2S/c1-21-17(14-10-7-11-32-20(14)33(21)3)19-18(23(26,27)25(30,31)24(19,28)29)15-12-16(34-22(15,21)2)13-8-5-4-6-9-13/h4-12H,1-3H3. The molecule has 0 N–H and O–H groups in total. The highest BCUT2D eigenvalue weighted by atomic mass is 32.2. The highest BCUT2D eigenvalue weighted by Gasteiger charge is 2.84. The van der Waals surface area contributed by atoms with Gasteiger partial charge in [0.05, 0.1) is 10.3 Å². The van der Waals surface area contributed by atoms with Crippen molar-refractivity contribution in [1.82, 2.24) is 4.98 Å². The number of nitrogens with zero attached hydrogens (tertiary/aromatic N) is 2. The van der Waals surface area contributed by atoms with E-state index < -0.39 is 39.2 Å². The molecule has 0 bridgehead atoms. The summed E-state index contributed by atoms with van der Waals surface area (Å²) in [6.07, 6.45) is 2.84. The van der Waals surface area contributed by atoms with Gasteiger partial charge in [-0.3, -0.25) is 0 Å². The maximum absolute atomic E-state index is 15.4. The van der Waals surface area contributed by atoms with Crippen molar-refractivity contribution in [1.29, 1.82) is 0 Å². The molecular formula is C25H18F6N2S. The Hall–Kier alpha value is -2.68. The lowest BCUT2D eigenvalue weighted by Crippen LogP contribution is -2.59. The molecule has 2 atom stereocenters. The summed E-state index contributed by atoms with van der Waals surface area (Å²) in [5.74, 6) is -15.4. The molecule has 3 heterocycles. The summed E-state index contributed by atoms with van der Waals surface area (Å²) in [6.45, 7) is 3.31. The number of aromatic nitrogens is 1. The second-order valence-electron chi connectivity index (χ2n) is 9.28. The van der Waals surface area contributed by atoms with Gasteiger partial charge in [0.25, 0.3) is 0 Å². The average molecular weight is 492 g/mol. The zero-order valence-electron chi connectivity index (χ0n) is 18.3. The molecule has 2 aliphatic heterocycles. The lowest BCUT2D eigenvalue weighted by Gasteiger charge is -2.51. The SMILES string of the molecule is CN1c2ncccc2C2=C3C(=C4C=C(c5ccccc5)SC4(C)C21C)C(F)(F)C(F)(F)C3(F)F. The number of thioether (sulfide) groups is 1. The summed E-state index contributed by atoms with van der Waals surface area (Å²) in [4.78, 5) is 6.50. The van der Waals surface area contributed by atoms with E-state index in [9.17, 15) is 8.78 Å². The molecule has 6 rings (SSSR count). The van der Waals surface area contributed by atoms with Crippen LogP contribution in [0.1, 0.15) is 25.0 Å². The van der Waals surface area contributed by atoms with Crippen LogP contribution in [-0.2, 0) is 0 Å². The number of anilines is 1. The Morgan fingerprint density at radius 3 is 2.15 bits per heavy atom. The van der Waals surface area contributed by atoms with Crippen LogP contribution >= 0.6 is 11.8 Å². The molecule has 9 heteroatoms. The minimum absolute atomic E-state index is 0.169. The molecule has 2 aromatic rings. The second-order valence-corrected chi connectivity index (χ2v) is 10.7. The van der Waals surface area contributed by atoms with Gasteiger partial charge >= 0.3 is 17.8 Å². The number of rotatable bonds is 1. The van der Waals surface area contributed by atoms with Gasteiger partial charge in [0, 0.05) is 34.9 Å². The number of halogens is 6. The molecule has 0 amide bonds. The molecule has 2 unspecified atom stereocenters. The Balaban J connectivity index is 1.78. The van der Waals surface area contributed by atoms with Gasteiger partial charge in [0.15, 0.2) is 0 Å². The van der Waals surface area contributed by atoms with E-state index in [1.807, 2.05) is 0 Å². The largest absolute Gasteiger partial charge is 0.380 e. The Bertz CT molecular complexity index is 1360. The van der Waals surface area contributed by atoms with Crippen molar-refractivity contribution in [3.63, 3.8) is 0 Å². The Kier molecular flexibility index (Phi) is 3.92. The van der Waals surface area contributed by atoms with E-state index >= 15 is 17.6 Å². The fourth-order valence-corrected chi connectivity index (χ4v) is 7.42. The van der Waals surface area contributed by atoms with Crippen LogP contribution < -0.4 is 4.90 Å². The molecule has 1 aromatic heterocycles. The smallest absolute Gasteiger partial charge is 0.348 e. The molecule has 4 aliphatic rings. The molecule has 2 aliphatic carbocycles. The first-order chi connectivity index (χ1) is 15.8. The van der Waals surface area contributed by atoms with Crippen LogP contribution in [-0.4, -0.2) is 40.1 Å². The molecule has 1 fully saturated rings. The number of alkyl halides is 6. The Morgan fingerprint density at radius 2 is 1.47 bits per heavy atom. The number of allylic oxidation sites excluding steroid dienone is 3. The predicted molar refractivity (Wildman–Crippen MR) is 120 cm³/mol. The minimum Gasteiger partial charge on any atom is -0.348 e. The second kappa shape index (κ2) is 6.11. The van der Waals surface area contributed by atoms with Crippen LogP contribution in [0.15, 0.2) is 71.5 Å². The molecule has 0 spiro atoms. The van der Waals surface area contributed by atoms with Crippen molar-refractivity contribution < 1.29 is 26.3 Å². The first-order valence-corrected chi connectivity index (χ1v) is 11.4. The molecule has 34 heavy (non-hydrogen) atoms. The normalized spacial score (nSPS) is 31.8. The van der Waals surface area contributed by atoms with E-state index in [0.717, 1.165) is 0 Å². The molecule has 0 radical (unpaired) electrons. The van der Waals surface area contributed by atoms with Gasteiger partial charge in [-0.05, 0) is 48.8 Å².